The average molecular weight is 435 g/mol. The molecule has 0 atom stereocenters. The highest BCUT2D eigenvalue weighted by Crippen LogP contribution is 2.27. The summed E-state index contributed by atoms with van der Waals surface area (Å²) in [5, 5.41) is 0.0306. The summed E-state index contributed by atoms with van der Waals surface area (Å²) >= 11 is 11.4. The first-order valence-electron chi connectivity index (χ1n) is 9.91. The van der Waals surface area contributed by atoms with Crippen molar-refractivity contribution in [2.45, 2.75) is 70.6 Å². The molecule has 0 aliphatic carbocycles. The quantitative estimate of drug-likeness (QED) is 0.137. The number of unbranched alkanes of at least 4 members (excludes halogenated alkanes) is 7. The van der Waals surface area contributed by atoms with Crippen molar-refractivity contribution in [1.29, 1.82) is 0 Å². The second-order valence-corrected chi connectivity index (χ2v) is 7.40. The Balaban J connectivity index is 2.01. The number of carbonyl (C=O) groups excluding carboxylic acids is 2. The second kappa shape index (κ2) is 15.6. The Labute approximate surface area is 176 Å². The lowest BCUT2D eigenvalue weighted by Crippen LogP contribution is -2.11. The fourth-order valence-electron chi connectivity index (χ4n) is 2.64. The van der Waals surface area contributed by atoms with Crippen molar-refractivity contribution < 1.29 is 23.5 Å². The lowest BCUT2D eigenvalue weighted by atomic mass is 10.1. The highest BCUT2D eigenvalue weighted by Gasteiger charge is 2.14. The predicted octanol–water partition coefficient (Wildman–Crippen LogP) is 6.46. The van der Waals surface area contributed by atoms with Crippen molar-refractivity contribution in [2.24, 2.45) is 0 Å². The number of hydrogen-bond donors (Lipinski definition) is 0. The molecule has 0 spiro atoms. The molecule has 0 bridgehead atoms. The summed E-state index contributed by atoms with van der Waals surface area (Å²) in [5.41, 5.74) is 0. The largest absolute Gasteiger partial charge is 0.466 e. The van der Waals surface area contributed by atoms with E-state index in [1.165, 1.54) is 37.8 Å². The summed E-state index contributed by atoms with van der Waals surface area (Å²) in [6.45, 7) is 0.403. The van der Waals surface area contributed by atoms with Crippen LogP contribution in [-0.2, 0) is 14.3 Å². The van der Waals surface area contributed by atoms with Crippen LogP contribution in [0.5, 0.6) is 5.75 Å². The molecule has 1 rings (SSSR count). The monoisotopic (exact) mass is 434 g/mol. The molecule has 0 aliphatic rings. The Hall–Kier alpha value is -1.33. The SMILES string of the molecule is O=C(CCCC(=O)Oc1c(F)cccc1Cl)OCCCCCCCCCCCl. The molecule has 1 aromatic rings. The van der Waals surface area contributed by atoms with E-state index in [0.717, 1.165) is 37.6 Å². The first-order valence-corrected chi connectivity index (χ1v) is 10.8. The number of hydrogen-bond acceptors (Lipinski definition) is 4. The van der Waals surface area contributed by atoms with Crippen LogP contribution >= 0.6 is 23.2 Å². The number of halogens is 3. The Morgan fingerprint density at radius 2 is 1.46 bits per heavy atom. The summed E-state index contributed by atoms with van der Waals surface area (Å²) in [7, 11) is 0. The van der Waals surface area contributed by atoms with Gasteiger partial charge < -0.3 is 9.47 Å². The van der Waals surface area contributed by atoms with Crippen molar-refractivity contribution in [2.75, 3.05) is 12.5 Å². The third-order valence-corrected chi connectivity index (χ3v) is 4.75. The molecule has 28 heavy (non-hydrogen) atoms. The molecule has 4 nitrogen and oxygen atoms in total. The molecule has 0 saturated carbocycles. The van der Waals surface area contributed by atoms with E-state index in [0.29, 0.717) is 6.61 Å². The van der Waals surface area contributed by atoms with Gasteiger partial charge in [0.1, 0.15) is 0 Å². The zero-order valence-corrected chi connectivity index (χ0v) is 17.7. The minimum absolute atomic E-state index is 0.0104. The van der Waals surface area contributed by atoms with Gasteiger partial charge in [0, 0.05) is 18.7 Å². The predicted molar refractivity (Wildman–Crippen MR) is 110 cm³/mol. The van der Waals surface area contributed by atoms with Crippen LogP contribution in [0.3, 0.4) is 0 Å². The molecule has 0 aromatic heterocycles. The number of ether oxygens (including phenoxy) is 2. The van der Waals surface area contributed by atoms with Crippen LogP contribution in [0, 0.1) is 5.82 Å². The molecular weight excluding hydrogens is 406 g/mol. The molecule has 0 unspecified atom stereocenters. The van der Waals surface area contributed by atoms with Gasteiger partial charge in [0.2, 0.25) is 0 Å². The summed E-state index contributed by atoms with van der Waals surface area (Å²) in [5.74, 6) is -1.21. The third-order valence-electron chi connectivity index (χ3n) is 4.19. The molecule has 0 saturated heterocycles. The lowest BCUT2D eigenvalue weighted by molar-refractivity contribution is -0.144. The van der Waals surface area contributed by atoms with E-state index in [4.69, 9.17) is 32.7 Å². The van der Waals surface area contributed by atoms with Gasteiger partial charge in [0.25, 0.3) is 0 Å². The molecule has 158 valence electrons. The smallest absolute Gasteiger partial charge is 0.311 e. The van der Waals surface area contributed by atoms with E-state index in [2.05, 4.69) is 0 Å². The average Bonchev–Trinajstić information content (AvgIpc) is 2.66. The molecular formula is C21H29Cl2FO4. The van der Waals surface area contributed by atoms with E-state index in [9.17, 15) is 14.0 Å². The van der Waals surface area contributed by atoms with Crippen molar-refractivity contribution >= 4 is 35.1 Å². The number of carbonyl (C=O) groups is 2. The van der Waals surface area contributed by atoms with E-state index >= 15 is 0 Å². The number of benzene rings is 1. The van der Waals surface area contributed by atoms with Gasteiger partial charge in [-0.2, -0.15) is 0 Å². The maximum Gasteiger partial charge on any atom is 0.311 e. The summed E-state index contributed by atoms with van der Waals surface area (Å²) in [4.78, 5) is 23.4. The number of rotatable bonds is 15. The Bertz CT molecular complexity index is 576. The van der Waals surface area contributed by atoms with Crippen LogP contribution in [0.15, 0.2) is 18.2 Å². The van der Waals surface area contributed by atoms with Crippen LogP contribution in [0.25, 0.3) is 0 Å². The van der Waals surface area contributed by atoms with Crippen molar-refractivity contribution in [3.8, 4) is 5.75 Å². The van der Waals surface area contributed by atoms with E-state index in [1.54, 1.807) is 0 Å². The van der Waals surface area contributed by atoms with Gasteiger partial charge in [-0.25, -0.2) is 4.39 Å². The fourth-order valence-corrected chi connectivity index (χ4v) is 3.03. The van der Waals surface area contributed by atoms with Crippen LogP contribution < -0.4 is 4.74 Å². The van der Waals surface area contributed by atoms with Crippen LogP contribution in [0.1, 0.15) is 70.6 Å². The molecule has 0 radical (unpaired) electrons. The standard InChI is InChI=1S/C21H29Cl2FO4/c22-15-7-5-3-1-2-4-6-8-16-27-19(25)13-10-14-20(26)28-21-17(23)11-9-12-18(21)24/h9,11-12H,1-8,10,13-16H2. The van der Waals surface area contributed by atoms with E-state index < -0.39 is 11.8 Å². The van der Waals surface area contributed by atoms with Gasteiger partial charge in [-0.05, 0) is 31.4 Å². The maximum absolute atomic E-state index is 13.5. The Morgan fingerprint density at radius 1 is 0.857 bits per heavy atom. The molecule has 0 fully saturated rings. The van der Waals surface area contributed by atoms with Gasteiger partial charge in [-0.1, -0.05) is 56.2 Å². The minimum atomic E-state index is -0.699. The summed E-state index contributed by atoms with van der Waals surface area (Å²) < 4.78 is 23.6. The number of para-hydroxylation sites is 1. The first kappa shape index (κ1) is 24.7. The van der Waals surface area contributed by atoms with Gasteiger partial charge in [0.15, 0.2) is 11.6 Å². The minimum Gasteiger partial charge on any atom is -0.466 e. The Morgan fingerprint density at radius 3 is 2.11 bits per heavy atom. The number of alkyl halides is 1. The van der Waals surface area contributed by atoms with Crippen LogP contribution in [-0.4, -0.2) is 24.4 Å². The fraction of sp³-hybridized carbons (Fsp3) is 0.619. The highest BCUT2D eigenvalue weighted by molar-refractivity contribution is 6.32. The summed E-state index contributed by atoms with van der Waals surface area (Å²) in [6, 6.07) is 4.02. The maximum atomic E-state index is 13.5. The highest BCUT2D eigenvalue weighted by atomic mass is 35.5. The Kier molecular flexibility index (Phi) is 13.7. The van der Waals surface area contributed by atoms with Gasteiger partial charge >= 0.3 is 11.9 Å². The topological polar surface area (TPSA) is 52.6 Å². The van der Waals surface area contributed by atoms with Crippen LogP contribution in [0.2, 0.25) is 5.02 Å². The van der Waals surface area contributed by atoms with E-state index in [-0.39, 0.29) is 36.0 Å². The van der Waals surface area contributed by atoms with Gasteiger partial charge in [0.05, 0.1) is 11.6 Å². The van der Waals surface area contributed by atoms with Crippen LogP contribution in [0.4, 0.5) is 4.39 Å². The lowest BCUT2D eigenvalue weighted by Gasteiger charge is -2.07. The zero-order valence-electron chi connectivity index (χ0n) is 16.2. The normalized spacial score (nSPS) is 10.7. The van der Waals surface area contributed by atoms with Crippen molar-refractivity contribution in [3.05, 3.63) is 29.0 Å². The second-order valence-electron chi connectivity index (χ2n) is 6.62. The first-order chi connectivity index (χ1) is 13.5. The van der Waals surface area contributed by atoms with Crippen molar-refractivity contribution in [3.63, 3.8) is 0 Å². The van der Waals surface area contributed by atoms with E-state index in [1.807, 2.05) is 0 Å². The molecule has 0 amide bonds. The molecule has 1 aromatic carbocycles. The molecule has 0 heterocycles. The third kappa shape index (κ3) is 11.5. The van der Waals surface area contributed by atoms with Gasteiger partial charge in [-0.15, -0.1) is 11.6 Å². The molecule has 0 N–H and O–H groups in total. The number of esters is 2. The van der Waals surface area contributed by atoms with Gasteiger partial charge in [-0.3, -0.25) is 9.59 Å². The molecule has 0 aliphatic heterocycles. The summed E-state index contributed by atoms with van der Waals surface area (Å²) in [6.07, 6.45) is 9.37. The van der Waals surface area contributed by atoms with Crippen molar-refractivity contribution in [1.82, 2.24) is 0 Å². The molecule has 7 heteroatoms. The zero-order chi connectivity index (χ0) is 20.6.